The van der Waals surface area contributed by atoms with Gasteiger partial charge in [-0.2, -0.15) is 9.97 Å². The topological polar surface area (TPSA) is 74.6 Å². The zero-order valence-corrected chi connectivity index (χ0v) is 21.8. The lowest BCUT2D eigenvalue weighted by molar-refractivity contribution is 0.220. The van der Waals surface area contributed by atoms with Gasteiger partial charge in [0.1, 0.15) is 28.6 Å². The van der Waals surface area contributed by atoms with Crippen LogP contribution in [-0.2, 0) is 0 Å². The summed E-state index contributed by atoms with van der Waals surface area (Å²) in [5.41, 5.74) is 2.01. The van der Waals surface area contributed by atoms with E-state index in [-0.39, 0.29) is 34.1 Å². The first-order chi connectivity index (χ1) is 19.4. The second-order valence-corrected chi connectivity index (χ2v) is 11.3. The van der Waals surface area contributed by atoms with Crippen LogP contribution in [0.15, 0.2) is 42.2 Å². The zero-order valence-electron chi connectivity index (χ0n) is 21.8. The molecular weight excluding hydrogens is 512 g/mol. The summed E-state index contributed by atoms with van der Waals surface area (Å²) in [7, 11) is 1.45. The van der Waals surface area contributed by atoms with Crippen LogP contribution in [0.4, 0.5) is 14.6 Å². The van der Waals surface area contributed by atoms with Gasteiger partial charge >= 0.3 is 6.01 Å². The summed E-state index contributed by atoms with van der Waals surface area (Å²) in [5.74, 6) is 1.49. The molecule has 40 heavy (non-hydrogen) atoms. The minimum atomic E-state index is -0.723. The van der Waals surface area contributed by atoms with Gasteiger partial charge in [0.25, 0.3) is 0 Å². The van der Waals surface area contributed by atoms with E-state index < -0.39 is 11.6 Å². The molecule has 1 N–H and O–H groups in total. The fourth-order valence-electron chi connectivity index (χ4n) is 6.86. The smallest absolute Gasteiger partial charge is 0.318 e. The van der Waals surface area contributed by atoms with Gasteiger partial charge in [-0.25, -0.2) is 8.78 Å². The van der Waals surface area contributed by atoms with E-state index in [2.05, 4.69) is 36.7 Å². The maximum atomic E-state index is 16.4. The molecule has 1 saturated carbocycles. The molecule has 2 aromatic carbocycles. The molecule has 9 heteroatoms. The van der Waals surface area contributed by atoms with E-state index in [1.165, 1.54) is 49.9 Å². The molecule has 4 aromatic rings. The summed E-state index contributed by atoms with van der Waals surface area (Å²) >= 11 is 0. The molecule has 200 valence electrons. The first-order valence-corrected chi connectivity index (χ1v) is 13.5. The first kappa shape index (κ1) is 23.4. The van der Waals surface area contributed by atoms with Crippen LogP contribution < -0.4 is 9.64 Å². The predicted molar refractivity (Wildman–Crippen MR) is 147 cm³/mol. The first-order valence-electron chi connectivity index (χ1n) is 13.5. The number of nitrogens with zero attached hydrogens (tertiary/aromatic N) is 5. The highest BCUT2D eigenvalue weighted by atomic mass is 19.1. The Bertz CT molecular complexity index is 1830. The van der Waals surface area contributed by atoms with Gasteiger partial charge in [-0.1, -0.05) is 18.1 Å². The van der Waals surface area contributed by atoms with Crippen LogP contribution in [0.25, 0.3) is 32.9 Å². The molecular formula is C31H25F2N5O2. The SMILES string of the molecule is C#Cc1c(F)ccc2cc(O)cc(-c3ncc4c(N5CC6CCC(C5)N6C5=CC56CC6)nc(OC)nc4c3F)c12. The van der Waals surface area contributed by atoms with Gasteiger partial charge < -0.3 is 19.6 Å². The number of allylic oxidation sites excluding steroid dienone is 2. The van der Waals surface area contributed by atoms with Crippen molar-refractivity contribution in [3.63, 3.8) is 0 Å². The third kappa shape index (κ3) is 3.25. The second kappa shape index (κ2) is 8.04. The molecule has 2 aliphatic carbocycles. The fourth-order valence-corrected chi connectivity index (χ4v) is 6.86. The Morgan fingerprint density at radius 3 is 2.58 bits per heavy atom. The van der Waals surface area contributed by atoms with Crippen LogP contribution in [0, 0.1) is 29.4 Å². The van der Waals surface area contributed by atoms with Gasteiger partial charge in [-0.05, 0) is 49.3 Å². The van der Waals surface area contributed by atoms with Crippen molar-refractivity contribution in [1.82, 2.24) is 19.9 Å². The molecule has 2 unspecified atom stereocenters. The number of benzene rings is 2. The van der Waals surface area contributed by atoms with E-state index in [1.807, 2.05) is 0 Å². The largest absolute Gasteiger partial charge is 0.508 e. The number of hydrogen-bond acceptors (Lipinski definition) is 7. The van der Waals surface area contributed by atoms with Gasteiger partial charge in [0, 0.05) is 53.4 Å². The summed E-state index contributed by atoms with van der Waals surface area (Å²) in [6, 6.07) is 6.34. The lowest BCUT2D eigenvalue weighted by atomic mass is 9.96. The molecule has 1 spiro atoms. The molecule has 7 nitrogen and oxygen atoms in total. The highest BCUT2D eigenvalue weighted by Crippen LogP contribution is 2.67. The van der Waals surface area contributed by atoms with Gasteiger partial charge in [0.15, 0.2) is 5.82 Å². The average Bonchev–Trinajstić information content (AvgIpc) is 3.87. The van der Waals surface area contributed by atoms with Crippen LogP contribution in [0.3, 0.4) is 0 Å². The number of pyridine rings is 1. The number of phenolic OH excluding ortho intramolecular Hbond substituents is 1. The number of piperazine rings is 1. The van der Waals surface area contributed by atoms with Gasteiger partial charge in [-0.15, -0.1) is 6.42 Å². The van der Waals surface area contributed by atoms with Crippen molar-refractivity contribution in [3.05, 3.63) is 59.4 Å². The number of ether oxygens (including phenoxy) is 1. The molecule has 2 saturated heterocycles. The Morgan fingerprint density at radius 2 is 1.90 bits per heavy atom. The van der Waals surface area contributed by atoms with E-state index in [0.29, 0.717) is 39.5 Å². The van der Waals surface area contributed by atoms with Crippen molar-refractivity contribution in [1.29, 1.82) is 0 Å². The van der Waals surface area contributed by atoms with Crippen LogP contribution in [0.5, 0.6) is 11.8 Å². The van der Waals surface area contributed by atoms with Crippen molar-refractivity contribution in [2.24, 2.45) is 5.41 Å². The molecule has 3 fully saturated rings. The number of rotatable bonds is 4. The predicted octanol–water partition coefficient (Wildman–Crippen LogP) is 5.15. The van der Waals surface area contributed by atoms with Crippen molar-refractivity contribution in [3.8, 4) is 35.4 Å². The van der Waals surface area contributed by atoms with E-state index in [0.717, 1.165) is 25.9 Å². The highest BCUT2D eigenvalue weighted by molar-refractivity contribution is 6.03. The van der Waals surface area contributed by atoms with E-state index >= 15 is 4.39 Å². The highest BCUT2D eigenvalue weighted by Gasteiger charge is 2.60. The number of phenols is 1. The Kier molecular flexibility index (Phi) is 4.71. The number of hydrogen-bond donors (Lipinski definition) is 1. The Balaban J connectivity index is 1.25. The van der Waals surface area contributed by atoms with Crippen molar-refractivity contribution >= 4 is 27.5 Å². The Hall–Kier alpha value is -4.45. The van der Waals surface area contributed by atoms with E-state index in [1.54, 1.807) is 6.20 Å². The number of terminal acetylenes is 1. The molecule has 4 aliphatic rings. The molecule has 2 aromatic heterocycles. The second-order valence-electron chi connectivity index (χ2n) is 11.3. The molecule has 2 atom stereocenters. The van der Waals surface area contributed by atoms with Crippen molar-refractivity contribution in [2.45, 2.75) is 37.8 Å². The summed E-state index contributed by atoms with van der Waals surface area (Å²) in [5, 5.41) is 11.6. The number of aromatic nitrogens is 3. The zero-order chi connectivity index (χ0) is 27.3. The molecule has 4 heterocycles. The van der Waals surface area contributed by atoms with Crippen LogP contribution in [0.2, 0.25) is 0 Å². The van der Waals surface area contributed by atoms with Crippen LogP contribution in [-0.4, -0.2) is 57.2 Å². The van der Waals surface area contributed by atoms with Crippen molar-refractivity contribution in [2.75, 3.05) is 25.1 Å². The van der Waals surface area contributed by atoms with Crippen LogP contribution >= 0.6 is 0 Å². The number of aromatic hydroxyl groups is 1. The minimum absolute atomic E-state index is 0.0261. The molecule has 8 rings (SSSR count). The maximum Gasteiger partial charge on any atom is 0.318 e. The van der Waals surface area contributed by atoms with Crippen molar-refractivity contribution < 1.29 is 18.6 Å². The summed E-state index contributed by atoms with van der Waals surface area (Å²) in [6.45, 7) is 1.54. The third-order valence-corrected chi connectivity index (χ3v) is 8.97. The maximum absolute atomic E-state index is 16.4. The monoisotopic (exact) mass is 537 g/mol. The van der Waals surface area contributed by atoms with Gasteiger partial charge in [-0.3, -0.25) is 4.98 Å². The minimum Gasteiger partial charge on any atom is -0.508 e. The normalized spacial score (nSPS) is 22.1. The summed E-state index contributed by atoms with van der Waals surface area (Å²) in [6.07, 6.45) is 14.4. The standard InChI is InChI=1S/C31H25F2N5O2/c1-3-20-23(32)7-4-16-10-19(39)11-21(25(16)20)27-26(33)28-22(13-34-27)29(36-30(35-28)40-2)37-14-17-5-6-18(15-37)38(17)24-12-31(24)8-9-31/h1,4,7,10-13,17-18,39H,5-6,8-9,14-15H2,2H3. The summed E-state index contributed by atoms with van der Waals surface area (Å²) in [4.78, 5) is 18.3. The lowest BCUT2D eigenvalue weighted by Gasteiger charge is -2.42. The Morgan fingerprint density at radius 1 is 1.12 bits per heavy atom. The van der Waals surface area contributed by atoms with E-state index in [9.17, 15) is 9.50 Å². The number of methoxy groups -OCH3 is 1. The lowest BCUT2D eigenvalue weighted by Crippen LogP contribution is -2.52. The van der Waals surface area contributed by atoms with Crippen LogP contribution in [0.1, 0.15) is 31.2 Å². The molecule has 2 bridgehead atoms. The summed E-state index contributed by atoms with van der Waals surface area (Å²) < 4.78 is 36.4. The average molecular weight is 538 g/mol. The van der Waals surface area contributed by atoms with Gasteiger partial charge in [0.05, 0.1) is 18.1 Å². The third-order valence-electron chi connectivity index (χ3n) is 8.97. The molecule has 0 radical (unpaired) electrons. The fraction of sp³-hybridized carbons (Fsp3) is 0.323. The number of anilines is 1. The quantitative estimate of drug-likeness (QED) is 0.361. The van der Waals surface area contributed by atoms with E-state index in [4.69, 9.17) is 11.2 Å². The molecule has 0 amide bonds. The Labute approximate surface area is 229 Å². The number of halogens is 2. The number of fused-ring (bicyclic) bond motifs is 4. The molecule has 2 aliphatic heterocycles. The van der Waals surface area contributed by atoms with Gasteiger partial charge in [0.2, 0.25) is 0 Å².